The highest BCUT2D eigenvalue weighted by molar-refractivity contribution is 7.26. The van der Waals surface area contributed by atoms with Gasteiger partial charge in [-0.1, -0.05) is 103 Å². The molecular formula is C42H26N2OS. The van der Waals surface area contributed by atoms with Gasteiger partial charge in [0.15, 0.2) is 5.58 Å². The number of nitrogens with zero attached hydrogens (tertiary/aromatic N) is 2. The lowest BCUT2D eigenvalue weighted by Crippen LogP contribution is -2.10. The van der Waals surface area contributed by atoms with Crippen LogP contribution in [0.3, 0.4) is 0 Å². The van der Waals surface area contributed by atoms with E-state index in [1.165, 1.54) is 36.5 Å². The predicted molar refractivity (Wildman–Crippen MR) is 196 cm³/mol. The van der Waals surface area contributed by atoms with Gasteiger partial charge < -0.3 is 13.9 Å². The Bertz CT molecular complexity index is 2650. The van der Waals surface area contributed by atoms with Crippen molar-refractivity contribution in [2.75, 3.05) is 4.90 Å². The Morgan fingerprint density at radius 2 is 1.15 bits per heavy atom. The number of anilines is 3. The summed E-state index contributed by atoms with van der Waals surface area (Å²) in [6, 6.07) is 56.4. The molecule has 4 heteroatoms. The Labute approximate surface area is 268 Å². The molecule has 3 heterocycles. The molecule has 10 rings (SSSR count). The molecule has 7 aromatic carbocycles. The van der Waals surface area contributed by atoms with Crippen LogP contribution in [0.25, 0.3) is 69.6 Å². The monoisotopic (exact) mass is 606 g/mol. The molecular weight excluding hydrogens is 581 g/mol. The number of rotatable bonds is 4. The maximum absolute atomic E-state index is 6.66. The van der Waals surface area contributed by atoms with Gasteiger partial charge in [-0.2, -0.15) is 0 Å². The molecule has 0 saturated carbocycles. The lowest BCUT2D eigenvalue weighted by atomic mass is 10.1. The molecule has 0 amide bonds. The smallest absolute Gasteiger partial charge is 0.159 e. The highest BCUT2D eigenvalue weighted by Crippen LogP contribution is 2.48. The SMILES string of the molecule is c1ccc(-n2c3ccccc3c3ccc(N(c4cccc5c4oc4ccccc45)c4cccc5c4sc4ccccc45)cc32)cc1. The van der Waals surface area contributed by atoms with E-state index in [4.69, 9.17) is 4.42 Å². The molecule has 0 fully saturated rings. The normalized spacial score (nSPS) is 11.9. The van der Waals surface area contributed by atoms with Crippen molar-refractivity contribution in [3.8, 4) is 5.69 Å². The molecule has 0 bridgehead atoms. The molecule has 10 aromatic rings. The minimum absolute atomic E-state index is 0.880. The molecule has 0 spiro atoms. The van der Waals surface area contributed by atoms with Crippen molar-refractivity contribution in [1.82, 2.24) is 4.57 Å². The van der Waals surface area contributed by atoms with Gasteiger partial charge in [-0.05, 0) is 54.6 Å². The molecule has 0 radical (unpaired) electrons. The molecule has 3 aromatic heterocycles. The molecule has 3 nitrogen and oxygen atoms in total. The Balaban J connectivity index is 1.32. The number of hydrogen-bond acceptors (Lipinski definition) is 3. The summed E-state index contributed by atoms with van der Waals surface area (Å²) in [5.41, 5.74) is 8.49. The van der Waals surface area contributed by atoms with Gasteiger partial charge in [-0.15, -0.1) is 11.3 Å². The van der Waals surface area contributed by atoms with Crippen LogP contribution in [0.4, 0.5) is 17.1 Å². The van der Waals surface area contributed by atoms with Gasteiger partial charge in [-0.3, -0.25) is 0 Å². The van der Waals surface area contributed by atoms with E-state index in [0.29, 0.717) is 0 Å². The third kappa shape index (κ3) is 3.65. The Hall–Kier alpha value is -5.84. The van der Waals surface area contributed by atoms with Crippen LogP contribution in [0.15, 0.2) is 162 Å². The number of para-hydroxylation sites is 4. The van der Waals surface area contributed by atoms with Crippen LogP contribution in [0, 0.1) is 0 Å². The maximum atomic E-state index is 6.66. The summed E-state index contributed by atoms with van der Waals surface area (Å²) in [5.74, 6) is 0. The highest BCUT2D eigenvalue weighted by atomic mass is 32.1. The molecule has 0 N–H and O–H groups in total. The summed E-state index contributed by atoms with van der Waals surface area (Å²) in [7, 11) is 0. The second-order valence-corrected chi connectivity index (χ2v) is 12.8. The molecule has 216 valence electrons. The Morgan fingerprint density at radius 1 is 0.478 bits per heavy atom. The van der Waals surface area contributed by atoms with Crippen LogP contribution < -0.4 is 4.90 Å². The molecule has 46 heavy (non-hydrogen) atoms. The zero-order valence-corrected chi connectivity index (χ0v) is 25.5. The summed E-state index contributed by atoms with van der Waals surface area (Å²) in [5, 5.41) is 7.25. The van der Waals surface area contributed by atoms with Gasteiger partial charge in [-0.25, -0.2) is 0 Å². The first-order valence-corrected chi connectivity index (χ1v) is 16.3. The molecule has 0 unspecified atom stereocenters. The van der Waals surface area contributed by atoms with Gasteiger partial charge in [0, 0.05) is 48.4 Å². The fourth-order valence-corrected chi connectivity index (χ4v) is 8.38. The van der Waals surface area contributed by atoms with E-state index < -0.39 is 0 Å². The van der Waals surface area contributed by atoms with Crippen molar-refractivity contribution in [3.05, 3.63) is 158 Å². The van der Waals surface area contributed by atoms with E-state index in [9.17, 15) is 0 Å². The van der Waals surface area contributed by atoms with Crippen molar-refractivity contribution in [1.29, 1.82) is 0 Å². The van der Waals surface area contributed by atoms with E-state index in [-0.39, 0.29) is 0 Å². The second kappa shape index (κ2) is 9.83. The van der Waals surface area contributed by atoms with Crippen LogP contribution >= 0.6 is 11.3 Å². The van der Waals surface area contributed by atoms with Gasteiger partial charge >= 0.3 is 0 Å². The number of fused-ring (bicyclic) bond motifs is 9. The first-order valence-electron chi connectivity index (χ1n) is 15.5. The lowest BCUT2D eigenvalue weighted by Gasteiger charge is -2.26. The van der Waals surface area contributed by atoms with Crippen LogP contribution in [-0.2, 0) is 0 Å². The number of furan rings is 1. The van der Waals surface area contributed by atoms with Crippen LogP contribution in [0.1, 0.15) is 0 Å². The molecule has 0 aliphatic rings. The zero-order valence-electron chi connectivity index (χ0n) is 24.7. The summed E-state index contributed by atoms with van der Waals surface area (Å²) >= 11 is 1.85. The van der Waals surface area contributed by atoms with E-state index in [0.717, 1.165) is 50.2 Å². The van der Waals surface area contributed by atoms with E-state index in [2.05, 4.69) is 161 Å². The van der Waals surface area contributed by atoms with Crippen molar-refractivity contribution >= 4 is 92.3 Å². The van der Waals surface area contributed by atoms with E-state index in [1.807, 2.05) is 17.4 Å². The van der Waals surface area contributed by atoms with Crippen molar-refractivity contribution in [2.45, 2.75) is 0 Å². The summed E-state index contributed by atoms with van der Waals surface area (Å²) in [6.07, 6.45) is 0. The predicted octanol–water partition coefficient (Wildman–Crippen LogP) is 12.5. The van der Waals surface area contributed by atoms with E-state index in [1.54, 1.807) is 0 Å². The average molecular weight is 607 g/mol. The Morgan fingerprint density at radius 3 is 2.04 bits per heavy atom. The fraction of sp³-hybridized carbons (Fsp3) is 0. The molecule has 0 aliphatic carbocycles. The average Bonchev–Trinajstić information content (AvgIpc) is 3.79. The van der Waals surface area contributed by atoms with Gasteiger partial charge in [0.1, 0.15) is 5.58 Å². The first-order chi connectivity index (χ1) is 22.8. The fourth-order valence-electron chi connectivity index (χ4n) is 7.18. The standard InChI is InChI=1S/C42H26N2OS/c1-2-12-27(13-3-1)43-35-19-7-4-14-29(35)30-25-24-28(26-38(30)43)44(36-20-10-17-33-31-15-5-8-22-39(31)45-41(33)36)37-21-11-18-34-32-16-6-9-23-40(32)46-42(34)37/h1-26H. The van der Waals surface area contributed by atoms with Crippen molar-refractivity contribution < 1.29 is 4.42 Å². The van der Waals surface area contributed by atoms with Crippen LogP contribution in [-0.4, -0.2) is 4.57 Å². The minimum atomic E-state index is 0.880. The number of hydrogen-bond donors (Lipinski definition) is 0. The summed E-state index contributed by atoms with van der Waals surface area (Å²) in [6.45, 7) is 0. The number of thiophene rings is 1. The minimum Gasteiger partial charge on any atom is -0.454 e. The van der Waals surface area contributed by atoms with Crippen molar-refractivity contribution in [2.24, 2.45) is 0 Å². The topological polar surface area (TPSA) is 21.3 Å². The zero-order chi connectivity index (χ0) is 30.2. The lowest BCUT2D eigenvalue weighted by molar-refractivity contribution is 0.669. The third-order valence-electron chi connectivity index (χ3n) is 9.18. The third-order valence-corrected chi connectivity index (χ3v) is 10.4. The molecule has 0 aliphatic heterocycles. The van der Waals surface area contributed by atoms with Gasteiger partial charge in [0.05, 0.1) is 27.1 Å². The van der Waals surface area contributed by atoms with Crippen LogP contribution in [0.2, 0.25) is 0 Å². The largest absolute Gasteiger partial charge is 0.454 e. The number of benzene rings is 7. The van der Waals surface area contributed by atoms with Gasteiger partial charge in [0.2, 0.25) is 0 Å². The second-order valence-electron chi connectivity index (χ2n) is 11.7. The van der Waals surface area contributed by atoms with Crippen molar-refractivity contribution in [3.63, 3.8) is 0 Å². The molecule has 0 atom stereocenters. The Kier molecular flexibility index (Phi) is 5.45. The molecule has 0 saturated heterocycles. The summed E-state index contributed by atoms with van der Waals surface area (Å²) < 4.78 is 11.6. The summed E-state index contributed by atoms with van der Waals surface area (Å²) in [4.78, 5) is 2.40. The highest BCUT2D eigenvalue weighted by Gasteiger charge is 2.23. The van der Waals surface area contributed by atoms with E-state index >= 15 is 0 Å². The van der Waals surface area contributed by atoms with Gasteiger partial charge in [0.25, 0.3) is 0 Å². The maximum Gasteiger partial charge on any atom is 0.159 e. The first kappa shape index (κ1) is 25.5. The quantitative estimate of drug-likeness (QED) is 0.199. The number of aromatic nitrogens is 1. The van der Waals surface area contributed by atoms with Crippen LogP contribution in [0.5, 0.6) is 0 Å².